The van der Waals surface area contributed by atoms with Gasteiger partial charge in [-0.15, -0.1) is 17.0 Å². The van der Waals surface area contributed by atoms with Crippen LogP contribution in [-0.2, 0) is 0 Å². The molecule has 9 heteroatoms. The minimum Gasteiger partial charge on any atom is -0.497 e. The first-order chi connectivity index (χ1) is 11.6. The molecule has 25 heavy (non-hydrogen) atoms. The van der Waals surface area contributed by atoms with Crippen LogP contribution in [0.25, 0.3) is 11.0 Å². The van der Waals surface area contributed by atoms with Crippen molar-refractivity contribution in [1.29, 1.82) is 0 Å². The van der Waals surface area contributed by atoms with E-state index in [1.807, 2.05) is 0 Å². The molecule has 3 aromatic rings. The highest BCUT2D eigenvalue weighted by Crippen LogP contribution is 2.24. The Kier molecular flexibility index (Phi) is 6.16. The Morgan fingerprint density at radius 3 is 2.64 bits per heavy atom. The number of fused-ring (bicyclic) bond motifs is 1. The summed E-state index contributed by atoms with van der Waals surface area (Å²) in [6.45, 7) is 0. The number of aromatic nitrogens is 2. The van der Waals surface area contributed by atoms with Crippen LogP contribution in [0, 0.1) is 10.1 Å². The van der Waals surface area contributed by atoms with Crippen LogP contribution in [0.2, 0.25) is 0 Å². The molecule has 1 aromatic heterocycles. The number of methoxy groups -OCH3 is 1. The third-order valence-electron chi connectivity index (χ3n) is 3.41. The van der Waals surface area contributed by atoms with Crippen LogP contribution in [0.15, 0.2) is 47.6 Å². The molecule has 0 unspecified atom stereocenters. The van der Waals surface area contributed by atoms with E-state index in [2.05, 4.69) is 9.97 Å². The van der Waals surface area contributed by atoms with Crippen LogP contribution < -0.4 is 4.74 Å². The Hall–Kier alpha value is -2.39. The highest BCUT2D eigenvalue weighted by molar-refractivity contribution is 8.93. The van der Waals surface area contributed by atoms with Gasteiger partial charge in [0.1, 0.15) is 5.75 Å². The number of benzene rings is 2. The number of aromatic amines is 1. The Balaban J connectivity index is 0.00000225. The minimum absolute atomic E-state index is 0. The molecule has 0 fully saturated rings. The number of carbonyl (C=O) groups is 1. The number of rotatable bonds is 6. The maximum absolute atomic E-state index is 12.2. The average Bonchev–Trinajstić information content (AvgIpc) is 3.01. The van der Waals surface area contributed by atoms with Gasteiger partial charge in [-0.2, -0.15) is 0 Å². The summed E-state index contributed by atoms with van der Waals surface area (Å²) in [6.07, 6.45) is 0. The molecule has 0 aliphatic rings. The minimum atomic E-state index is -0.458. The van der Waals surface area contributed by atoms with E-state index in [1.54, 1.807) is 37.4 Å². The molecular formula is C16H14BrN3O4S. The summed E-state index contributed by atoms with van der Waals surface area (Å²) in [4.78, 5) is 29.8. The summed E-state index contributed by atoms with van der Waals surface area (Å²) in [5.74, 6) is 0.876. The zero-order valence-corrected chi connectivity index (χ0v) is 15.6. The third-order valence-corrected chi connectivity index (χ3v) is 4.28. The third kappa shape index (κ3) is 4.37. The lowest BCUT2D eigenvalue weighted by Gasteiger charge is -2.02. The first kappa shape index (κ1) is 18.9. The largest absolute Gasteiger partial charge is 0.497 e. The number of Topliss-reactive ketones (excluding diaryl/α,β-unsaturated/α-hetero) is 1. The molecule has 2 aromatic carbocycles. The number of ketones is 1. The number of hydrogen-bond donors (Lipinski definition) is 1. The van der Waals surface area contributed by atoms with Gasteiger partial charge in [0.2, 0.25) is 0 Å². The SMILES string of the molecule is Br.COc1ccc(C(=O)CSc2nc3ccc([N+](=O)[O-])cc3[nH]2)cc1. The fourth-order valence-corrected chi connectivity index (χ4v) is 2.93. The lowest BCUT2D eigenvalue weighted by Crippen LogP contribution is -2.02. The van der Waals surface area contributed by atoms with Crippen molar-refractivity contribution in [3.63, 3.8) is 0 Å². The number of ether oxygens (including phenoxy) is 1. The molecular weight excluding hydrogens is 410 g/mol. The van der Waals surface area contributed by atoms with E-state index in [-0.39, 0.29) is 34.2 Å². The Morgan fingerprint density at radius 1 is 1.28 bits per heavy atom. The number of non-ortho nitro benzene ring substituents is 1. The maximum Gasteiger partial charge on any atom is 0.271 e. The first-order valence-electron chi connectivity index (χ1n) is 7.01. The molecule has 0 saturated heterocycles. The molecule has 7 nitrogen and oxygen atoms in total. The average molecular weight is 424 g/mol. The fraction of sp³-hybridized carbons (Fsp3) is 0.125. The van der Waals surface area contributed by atoms with Crippen LogP contribution in [-0.4, -0.2) is 33.5 Å². The van der Waals surface area contributed by atoms with Gasteiger partial charge in [0.15, 0.2) is 10.9 Å². The standard InChI is InChI=1S/C16H13N3O4S.BrH/c1-23-12-5-2-10(3-6-12)15(20)9-24-16-17-13-7-4-11(19(21)22)8-14(13)18-16;/h2-8H,9H2,1H3,(H,17,18);1H. The van der Waals surface area contributed by atoms with Gasteiger partial charge in [-0.1, -0.05) is 11.8 Å². The molecule has 0 aliphatic carbocycles. The number of nitro benzene ring substituents is 1. The molecule has 0 spiro atoms. The van der Waals surface area contributed by atoms with E-state index in [1.165, 1.54) is 23.9 Å². The van der Waals surface area contributed by atoms with Gasteiger partial charge in [0, 0.05) is 17.7 Å². The number of carbonyl (C=O) groups excluding carboxylic acids is 1. The molecule has 3 rings (SSSR count). The molecule has 0 bridgehead atoms. The number of nitro groups is 1. The van der Waals surface area contributed by atoms with Gasteiger partial charge in [-0.25, -0.2) is 4.98 Å². The van der Waals surface area contributed by atoms with Crippen molar-refractivity contribution in [1.82, 2.24) is 9.97 Å². The summed E-state index contributed by atoms with van der Waals surface area (Å²) < 4.78 is 5.06. The summed E-state index contributed by atoms with van der Waals surface area (Å²) in [6, 6.07) is 11.3. The Bertz CT molecular complexity index is 911. The number of nitrogens with zero attached hydrogens (tertiary/aromatic N) is 2. The van der Waals surface area contributed by atoms with Gasteiger partial charge in [-0.05, 0) is 30.3 Å². The maximum atomic E-state index is 12.2. The van der Waals surface area contributed by atoms with Crippen molar-refractivity contribution in [3.05, 3.63) is 58.1 Å². The zero-order valence-electron chi connectivity index (χ0n) is 13.1. The van der Waals surface area contributed by atoms with Crippen LogP contribution in [0.1, 0.15) is 10.4 Å². The molecule has 0 atom stereocenters. The molecule has 130 valence electrons. The molecule has 1 N–H and O–H groups in total. The smallest absolute Gasteiger partial charge is 0.271 e. The summed E-state index contributed by atoms with van der Waals surface area (Å²) in [7, 11) is 1.57. The fourth-order valence-electron chi connectivity index (χ4n) is 2.15. The summed E-state index contributed by atoms with van der Waals surface area (Å²) in [5.41, 5.74) is 1.79. The van der Waals surface area contributed by atoms with E-state index in [4.69, 9.17) is 4.74 Å². The van der Waals surface area contributed by atoms with Crippen molar-refractivity contribution >= 4 is 51.2 Å². The van der Waals surface area contributed by atoms with E-state index in [0.29, 0.717) is 27.5 Å². The molecule has 0 aliphatic heterocycles. The number of thioether (sulfide) groups is 1. The predicted molar refractivity (Wildman–Crippen MR) is 101 cm³/mol. The van der Waals surface area contributed by atoms with Gasteiger partial charge in [-0.3, -0.25) is 14.9 Å². The van der Waals surface area contributed by atoms with Crippen molar-refractivity contribution in [2.24, 2.45) is 0 Å². The second kappa shape index (κ2) is 8.13. The normalized spacial score (nSPS) is 10.3. The molecule has 0 saturated carbocycles. The Labute approximate surface area is 157 Å². The van der Waals surface area contributed by atoms with E-state index < -0.39 is 4.92 Å². The van der Waals surface area contributed by atoms with Crippen molar-refractivity contribution < 1.29 is 14.5 Å². The van der Waals surface area contributed by atoms with Gasteiger partial charge in [0.05, 0.1) is 28.8 Å². The van der Waals surface area contributed by atoms with E-state index >= 15 is 0 Å². The predicted octanol–water partition coefficient (Wildman–Crippen LogP) is 4.03. The number of H-pyrrole nitrogens is 1. The lowest BCUT2D eigenvalue weighted by molar-refractivity contribution is -0.384. The second-order valence-corrected chi connectivity index (χ2v) is 5.90. The van der Waals surface area contributed by atoms with Crippen molar-refractivity contribution in [2.45, 2.75) is 5.16 Å². The van der Waals surface area contributed by atoms with E-state index in [9.17, 15) is 14.9 Å². The summed E-state index contributed by atoms with van der Waals surface area (Å²) >= 11 is 1.26. The second-order valence-electron chi connectivity index (χ2n) is 4.94. The zero-order chi connectivity index (χ0) is 17.1. The van der Waals surface area contributed by atoms with Crippen molar-refractivity contribution in [3.8, 4) is 5.75 Å². The topological polar surface area (TPSA) is 98.1 Å². The Morgan fingerprint density at radius 2 is 2.00 bits per heavy atom. The highest BCUT2D eigenvalue weighted by Gasteiger charge is 2.12. The van der Waals surface area contributed by atoms with Crippen LogP contribution >= 0.6 is 28.7 Å². The molecule has 1 heterocycles. The van der Waals surface area contributed by atoms with Gasteiger partial charge >= 0.3 is 0 Å². The number of halogens is 1. The lowest BCUT2D eigenvalue weighted by atomic mass is 10.1. The highest BCUT2D eigenvalue weighted by atomic mass is 79.9. The number of imidazole rings is 1. The van der Waals surface area contributed by atoms with Crippen molar-refractivity contribution in [2.75, 3.05) is 12.9 Å². The molecule has 0 amide bonds. The number of nitrogens with one attached hydrogen (secondary N) is 1. The monoisotopic (exact) mass is 423 g/mol. The number of hydrogen-bond acceptors (Lipinski definition) is 6. The first-order valence-corrected chi connectivity index (χ1v) is 7.99. The van der Waals surface area contributed by atoms with Gasteiger partial charge in [0.25, 0.3) is 5.69 Å². The summed E-state index contributed by atoms with van der Waals surface area (Å²) in [5, 5.41) is 11.3. The van der Waals surface area contributed by atoms with Gasteiger partial charge < -0.3 is 9.72 Å². The van der Waals surface area contributed by atoms with Crippen LogP contribution in [0.3, 0.4) is 0 Å². The van der Waals surface area contributed by atoms with Crippen LogP contribution in [0.5, 0.6) is 5.75 Å². The molecule has 0 radical (unpaired) electrons. The van der Waals surface area contributed by atoms with Crippen LogP contribution in [0.4, 0.5) is 5.69 Å². The van der Waals surface area contributed by atoms with E-state index in [0.717, 1.165) is 0 Å². The quantitative estimate of drug-likeness (QED) is 0.278.